The first-order chi connectivity index (χ1) is 9.15. The van der Waals surface area contributed by atoms with Crippen molar-refractivity contribution in [3.8, 4) is 0 Å². The van der Waals surface area contributed by atoms with Gasteiger partial charge in [0.1, 0.15) is 0 Å². The SMILES string of the molecule is CC1CCCN(CCNC(=O)C[C@@H]2CCC[C@H]2N)C1. The minimum absolute atomic E-state index is 0.187. The number of rotatable bonds is 5. The summed E-state index contributed by atoms with van der Waals surface area (Å²) in [5.74, 6) is 1.41. The van der Waals surface area contributed by atoms with Gasteiger partial charge in [0.25, 0.3) is 0 Å². The molecule has 110 valence electrons. The van der Waals surface area contributed by atoms with Crippen molar-refractivity contribution in [2.75, 3.05) is 26.2 Å². The monoisotopic (exact) mass is 267 g/mol. The van der Waals surface area contributed by atoms with E-state index in [4.69, 9.17) is 5.73 Å². The van der Waals surface area contributed by atoms with Crippen LogP contribution in [0.25, 0.3) is 0 Å². The number of nitrogens with zero attached hydrogens (tertiary/aromatic N) is 1. The van der Waals surface area contributed by atoms with Crippen LogP contribution in [-0.4, -0.2) is 43.0 Å². The quantitative estimate of drug-likeness (QED) is 0.790. The van der Waals surface area contributed by atoms with Gasteiger partial charge in [-0.3, -0.25) is 4.79 Å². The Morgan fingerprint density at radius 2 is 2.16 bits per heavy atom. The first-order valence-electron chi connectivity index (χ1n) is 7.90. The van der Waals surface area contributed by atoms with Crippen LogP contribution in [0.15, 0.2) is 0 Å². The molecule has 0 aromatic carbocycles. The zero-order valence-electron chi connectivity index (χ0n) is 12.2. The molecular weight excluding hydrogens is 238 g/mol. The van der Waals surface area contributed by atoms with Gasteiger partial charge in [-0.2, -0.15) is 0 Å². The number of carbonyl (C=O) groups is 1. The summed E-state index contributed by atoms with van der Waals surface area (Å²) >= 11 is 0. The molecule has 4 nitrogen and oxygen atoms in total. The molecule has 3 N–H and O–H groups in total. The molecule has 1 saturated carbocycles. The van der Waals surface area contributed by atoms with E-state index < -0.39 is 0 Å². The van der Waals surface area contributed by atoms with Crippen LogP contribution in [0.4, 0.5) is 0 Å². The standard InChI is InChI=1S/C15H29N3O/c1-12-4-3-8-18(11-12)9-7-17-15(19)10-13-5-2-6-14(13)16/h12-14H,2-11,16H2,1H3,(H,17,19)/t12?,13-,14+/m0/s1. The summed E-state index contributed by atoms with van der Waals surface area (Å²) in [6.45, 7) is 6.46. The van der Waals surface area contributed by atoms with E-state index in [0.717, 1.165) is 31.8 Å². The van der Waals surface area contributed by atoms with Crippen LogP contribution in [-0.2, 0) is 4.79 Å². The molecule has 0 spiro atoms. The summed E-state index contributed by atoms with van der Waals surface area (Å²) in [6.07, 6.45) is 6.67. The number of piperidine rings is 1. The normalized spacial score (nSPS) is 32.4. The molecule has 1 heterocycles. The Hall–Kier alpha value is -0.610. The van der Waals surface area contributed by atoms with Crippen molar-refractivity contribution in [3.63, 3.8) is 0 Å². The number of carbonyl (C=O) groups excluding carboxylic acids is 1. The van der Waals surface area contributed by atoms with Crippen LogP contribution >= 0.6 is 0 Å². The maximum Gasteiger partial charge on any atom is 0.220 e. The summed E-state index contributed by atoms with van der Waals surface area (Å²) in [6, 6.07) is 0.244. The van der Waals surface area contributed by atoms with Crippen molar-refractivity contribution in [1.82, 2.24) is 10.2 Å². The largest absolute Gasteiger partial charge is 0.355 e. The molecule has 2 rings (SSSR count). The van der Waals surface area contributed by atoms with Gasteiger partial charge in [0.2, 0.25) is 5.91 Å². The Kier molecular flexibility index (Phi) is 5.64. The van der Waals surface area contributed by atoms with Crippen molar-refractivity contribution in [2.24, 2.45) is 17.6 Å². The van der Waals surface area contributed by atoms with E-state index in [0.29, 0.717) is 12.3 Å². The van der Waals surface area contributed by atoms with E-state index in [-0.39, 0.29) is 11.9 Å². The zero-order valence-corrected chi connectivity index (χ0v) is 12.2. The molecule has 0 bridgehead atoms. The third kappa shape index (κ3) is 4.77. The average Bonchev–Trinajstić information content (AvgIpc) is 2.75. The lowest BCUT2D eigenvalue weighted by Gasteiger charge is -2.30. The first-order valence-corrected chi connectivity index (χ1v) is 7.90. The molecule has 3 atom stereocenters. The van der Waals surface area contributed by atoms with Gasteiger partial charge in [0.05, 0.1) is 0 Å². The second-order valence-corrected chi connectivity index (χ2v) is 6.46. The number of nitrogens with two attached hydrogens (primary N) is 1. The van der Waals surface area contributed by atoms with E-state index in [1.54, 1.807) is 0 Å². The maximum atomic E-state index is 11.9. The van der Waals surface area contributed by atoms with Crippen molar-refractivity contribution in [3.05, 3.63) is 0 Å². The molecule has 1 unspecified atom stereocenters. The fourth-order valence-corrected chi connectivity index (χ4v) is 3.47. The third-order valence-electron chi connectivity index (χ3n) is 4.66. The number of hydrogen-bond donors (Lipinski definition) is 2. The molecule has 2 fully saturated rings. The molecule has 1 amide bonds. The minimum atomic E-state index is 0.187. The number of hydrogen-bond acceptors (Lipinski definition) is 3. The fraction of sp³-hybridized carbons (Fsp3) is 0.933. The van der Waals surface area contributed by atoms with Crippen molar-refractivity contribution >= 4 is 5.91 Å². The van der Waals surface area contributed by atoms with Crippen LogP contribution < -0.4 is 11.1 Å². The summed E-state index contributed by atoms with van der Waals surface area (Å²) in [7, 11) is 0. The van der Waals surface area contributed by atoms with Gasteiger partial charge < -0.3 is 16.0 Å². The lowest BCUT2D eigenvalue weighted by Crippen LogP contribution is -2.40. The topological polar surface area (TPSA) is 58.4 Å². The Balaban J connectivity index is 1.58. The average molecular weight is 267 g/mol. The molecule has 2 aliphatic rings. The van der Waals surface area contributed by atoms with E-state index in [1.807, 2.05) is 0 Å². The van der Waals surface area contributed by atoms with Gasteiger partial charge in [-0.15, -0.1) is 0 Å². The molecule has 0 aromatic rings. The highest BCUT2D eigenvalue weighted by molar-refractivity contribution is 5.76. The maximum absolute atomic E-state index is 11.9. The molecule has 19 heavy (non-hydrogen) atoms. The second kappa shape index (κ2) is 7.25. The molecule has 0 aromatic heterocycles. The molecule has 1 aliphatic heterocycles. The summed E-state index contributed by atoms with van der Waals surface area (Å²) < 4.78 is 0. The number of likely N-dealkylation sites (tertiary alicyclic amines) is 1. The van der Waals surface area contributed by atoms with Crippen LogP contribution in [0, 0.1) is 11.8 Å². The summed E-state index contributed by atoms with van der Waals surface area (Å²) in [5, 5.41) is 3.06. The van der Waals surface area contributed by atoms with Gasteiger partial charge in [-0.1, -0.05) is 13.3 Å². The Morgan fingerprint density at radius 3 is 2.84 bits per heavy atom. The predicted octanol–water partition coefficient (Wildman–Crippen LogP) is 1.35. The highest BCUT2D eigenvalue weighted by Gasteiger charge is 2.25. The number of nitrogens with one attached hydrogen (secondary N) is 1. The third-order valence-corrected chi connectivity index (χ3v) is 4.66. The second-order valence-electron chi connectivity index (χ2n) is 6.46. The number of amides is 1. The summed E-state index contributed by atoms with van der Waals surface area (Å²) in [5.41, 5.74) is 6.00. The van der Waals surface area contributed by atoms with Gasteiger partial charge in [-0.25, -0.2) is 0 Å². The Labute approximate surface area is 117 Å². The first kappa shape index (κ1) is 14.8. The van der Waals surface area contributed by atoms with Crippen molar-refractivity contribution in [1.29, 1.82) is 0 Å². The van der Waals surface area contributed by atoms with Gasteiger partial charge >= 0.3 is 0 Å². The highest BCUT2D eigenvalue weighted by Crippen LogP contribution is 2.26. The smallest absolute Gasteiger partial charge is 0.220 e. The van der Waals surface area contributed by atoms with Gasteiger partial charge in [0, 0.05) is 32.1 Å². The lowest BCUT2D eigenvalue weighted by molar-refractivity contribution is -0.122. The van der Waals surface area contributed by atoms with Crippen LogP contribution in [0.5, 0.6) is 0 Å². The molecule has 0 radical (unpaired) electrons. The summed E-state index contributed by atoms with van der Waals surface area (Å²) in [4.78, 5) is 14.3. The zero-order chi connectivity index (χ0) is 13.7. The minimum Gasteiger partial charge on any atom is -0.355 e. The fourth-order valence-electron chi connectivity index (χ4n) is 3.47. The van der Waals surface area contributed by atoms with Crippen LogP contribution in [0.3, 0.4) is 0 Å². The van der Waals surface area contributed by atoms with Gasteiger partial charge in [0.15, 0.2) is 0 Å². The van der Waals surface area contributed by atoms with Crippen LogP contribution in [0.1, 0.15) is 45.4 Å². The molecular formula is C15H29N3O. The van der Waals surface area contributed by atoms with E-state index in [9.17, 15) is 4.79 Å². The van der Waals surface area contributed by atoms with Crippen LogP contribution in [0.2, 0.25) is 0 Å². The molecule has 4 heteroatoms. The molecule has 1 aliphatic carbocycles. The predicted molar refractivity (Wildman–Crippen MR) is 77.8 cm³/mol. The van der Waals surface area contributed by atoms with E-state index in [1.165, 1.54) is 32.4 Å². The lowest BCUT2D eigenvalue weighted by atomic mass is 10.00. The molecule has 1 saturated heterocycles. The highest BCUT2D eigenvalue weighted by atomic mass is 16.1. The van der Waals surface area contributed by atoms with Gasteiger partial charge in [-0.05, 0) is 44.1 Å². The van der Waals surface area contributed by atoms with E-state index in [2.05, 4.69) is 17.1 Å². The Bertz CT molecular complexity index is 295. The van der Waals surface area contributed by atoms with Crippen molar-refractivity contribution in [2.45, 2.75) is 51.5 Å². The Morgan fingerprint density at radius 1 is 1.32 bits per heavy atom. The van der Waals surface area contributed by atoms with E-state index >= 15 is 0 Å². The van der Waals surface area contributed by atoms with Crippen molar-refractivity contribution < 1.29 is 4.79 Å².